The van der Waals surface area contributed by atoms with Gasteiger partial charge in [0, 0.05) is 12.1 Å². The third kappa shape index (κ3) is 10.9. The maximum Gasteiger partial charge on any atom is 0.490 e. The molecule has 2 aliphatic rings. The maximum absolute atomic E-state index is 13.8. The molecule has 1 aliphatic heterocycles. The Morgan fingerprint density at radius 2 is 1.57 bits per heavy atom. The zero-order chi connectivity index (χ0) is 35.6. The Balaban J connectivity index is 0.000000698. The quantitative estimate of drug-likeness (QED) is 0.107. The van der Waals surface area contributed by atoms with Gasteiger partial charge in [-0.3, -0.25) is 4.79 Å². The number of amides is 1. The number of ether oxygens (including phenoxy) is 3. The minimum absolute atomic E-state index is 0.0462. The van der Waals surface area contributed by atoms with Crippen molar-refractivity contribution in [3.63, 3.8) is 0 Å². The molecule has 0 bridgehead atoms. The van der Waals surface area contributed by atoms with Crippen molar-refractivity contribution in [2.45, 2.75) is 44.3 Å². The number of nitrogens with one attached hydrogen (secondary N) is 2. The van der Waals surface area contributed by atoms with Gasteiger partial charge in [-0.15, -0.1) is 0 Å². The van der Waals surface area contributed by atoms with Gasteiger partial charge in [-0.2, -0.15) is 17.6 Å². The fourth-order valence-electron chi connectivity index (χ4n) is 5.09. The summed E-state index contributed by atoms with van der Waals surface area (Å²) in [5, 5.41) is 13.7. The van der Waals surface area contributed by atoms with Gasteiger partial charge in [0.2, 0.25) is 11.7 Å². The molecular weight excluding hydrogens is 658 g/mol. The number of hydrogen-bond acceptors (Lipinski definition) is 6. The first-order valence-corrected chi connectivity index (χ1v) is 15.5. The number of methoxy groups -OCH3 is 1. The summed E-state index contributed by atoms with van der Waals surface area (Å²) in [6, 6.07) is 16.9. The lowest BCUT2D eigenvalue weighted by atomic mass is 9.92. The highest BCUT2D eigenvalue weighted by Crippen LogP contribution is 2.34. The van der Waals surface area contributed by atoms with Crippen LogP contribution in [-0.4, -0.2) is 62.6 Å². The second-order valence-corrected chi connectivity index (χ2v) is 11.4. The summed E-state index contributed by atoms with van der Waals surface area (Å²) in [7, 11) is 1.62. The fraction of sp³-hybridized carbons (Fsp3) is 0.371. The van der Waals surface area contributed by atoms with Gasteiger partial charge in [0.25, 0.3) is 0 Å². The second kappa shape index (κ2) is 17.1. The summed E-state index contributed by atoms with van der Waals surface area (Å²) in [4.78, 5) is 22.4. The number of hydrogen-bond donors (Lipinski definition) is 3. The summed E-state index contributed by atoms with van der Waals surface area (Å²) in [6.45, 7) is 1.72. The van der Waals surface area contributed by atoms with Crippen LogP contribution in [0.25, 0.3) is 5.57 Å². The summed E-state index contributed by atoms with van der Waals surface area (Å²) >= 11 is 0. The zero-order valence-corrected chi connectivity index (χ0v) is 26.5. The number of aliphatic carboxylic acids is 1. The third-order valence-corrected chi connectivity index (χ3v) is 7.89. The Kier molecular flexibility index (Phi) is 12.9. The van der Waals surface area contributed by atoms with E-state index >= 15 is 0 Å². The molecule has 1 atom stereocenters. The molecule has 0 radical (unpaired) electrons. The molecule has 1 amide bonds. The van der Waals surface area contributed by atoms with Crippen molar-refractivity contribution in [3.8, 4) is 17.2 Å². The predicted molar refractivity (Wildman–Crippen MR) is 168 cm³/mol. The Morgan fingerprint density at radius 1 is 0.939 bits per heavy atom. The molecule has 0 aromatic heterocycles. The largest absolute Gasteiger partial charge is 0.497 e. The average Bonchev–Trinajstić information content (AvgIpc) is 3.94. The van der Waals surface area contributed by atoms with Gasteiger partial charge in [0.05, 0.1) is 19.8 Å². The molecule has 0 saturated heterocycles. The molecule has 49 heavy (non-hydrogen) atoms. The lowest BCUT2D eigenvalue weighted by Gasteiger charge is -2.24. The molecule has 5 rings (SSSR count). The number of aryl methyl sites for hydroxylation is 1. The highest BCUT2D eigenvalue weighted by Gasteiger charge is 2.38. The Morgan fingerprint density at radius 3 is 2.18 bits per heavy atom. The molecule has 3 aromatic rings. The molecule has 8 nitrogen and oxygen atoms in total. The monoisotopic (exact) mass is 694 g/mol. The minimum Gasteiger partial charge on any atom is -0.497 e. The molecule has 14 heteroatoms. The molecule has 1 heterocycles. The zero-order valence-electron chi connectivity index (χ0n) is 26.5. The van der Waals surface area contributed by atoms with Gasteiger partial charge >= 0.3 is 12.1 Å². The van der Waals surface area contributed by atoms with Crippen LogP contribution in [-0.2, 0) is 16.0 Å². The smallest absolute Gasteiger partial charge is 0.490 e. The van der Waals surface area contributed by atoms with Gasteiger partial charge in [-0.1, -0.05) is 24.3 Å². The maximum atomic E-state index is 13.8. The van der Waals surface area contributed by atoms with E-state index in [1.807, 2.05) is 48.5 Å². The van der Waals surface area contributed by atoms with Crippen LogP contribution in [0.15, 0.2) is 66.2 Å². The van der Waals surface area contributed by atoms with Crippen molar-refractivity contribution >= 4 is 17.4 Å². The van der Waals surface area contributed by atoms with Gasteiger partial charge in [-0.05, 0) is 97.7 Å². The number of rotatable bonds is 13. The first-order valence-electron chi connectivity index (χ1n) is 15.5. The Bertz CT molecular complexity index is 1610. The topological polar surface area (TPSA) is 106 Å². The van der Waals surface area contributed by atoms with Crippen LogP contribution in [0.3, 0.4) is 0 Å². The van der Waals surface area contributed by atoms with Crippen LogP contribution in [0, 0.1) is 23.4 Å². The van der Waals surface area contributed by atoms with E-state index in [-0.39, 0.29) is 18.6 Å². The van der Waals surface area contributed by atoms with Crippen molar-refractivity contribution in [1.82, 2.24) is 10.6 Å². The number of benzene rings is 3. The number of carbonyl (C=O) groups excluding carboxylic acids is 1. The first-order chi connectivity index (χ1) is 23.4. The van der Waals surface area contributed by atoms with E-state index in [0.29, 0.717) is 31.9 Å². The summed E-state index contributed by atoms with van der Waals surface area (Å²) < 4.78 is 89.0. The standard InChI is InChI=1S/C33H35F3N2O4.C2HF3O2/c1-40-24-10-12-25(13-11-24)42-20-30(23-8-9-23)38-33(39)27-19-37-17-16-26(27)22-6-4-21(5-7-22)3-2-18-41-32-29(35)15-14-28(34)31(32)36;3-2(4,5)1(6)7/h4-7,10-15,23,30,37H,2-3,8-9,16-20H2,1H3,(H,38,39);(H,6,7). The molecule has 1 saturated carbocycles. The molecule has 1 aliphatic carbocycles. The van der Waals surface area contributed by atoms with Crippen LogP contribution < -0.4 is 24.8 Å². The first kappa shape index (κ1) is 37.1. The fourth-order valence-corrected chi connectivity index (χ4v) is 5.09. The van der Waals surface area contributed by atoms with Crippen LogP contribution in [0.1, 0.15) is 36.8 Å². The van der Waals surface area contributed by atoms with Crippen molar-refractivity contribution in [2.75, 3.05) is 33.4 Å². The number of carboxylic acids is 1. The number of halogens is 6. The number of carboxylic acid groups (broad SMARTS) is 1. The molecule has 264 valence electrons. The average molecular weight is 695 g/mol. The van der Waals surface area contributed by atoms with E-state index in [1.54, 1.807) is 7.11 Å². The summed E-state index contributed by atoms with van der Waals surface area (Å²) in [6.07, 6.45) is -1.10. The second-order valence-electron chi connectivity index (χ2n) is 11.4. The molecule has 3 aromatic carbocycles. The normalized spacial score (nSPS) is 15.1. The molecule has 1 unspecified atom stereocenters. The molecule has 0 spiro atoms. The third-order valence-electron chi connectivity index (χ3n) is 7.89. The van der Waals surface area contributed by atoms with Crippen LogP contribution >= 0.6 is 0 Å². The van der Waals surface area contributed by atoms with Crippen molar-refractivity contribution in [2.24, 2.45) is 5.92 Å². The SMILES string of the molecule is COc1ccc(OCC(NC(=O)C2=C(c3ccc(CCCOc4c(F)ccc(F)c4F)cc3)CCNC2)C2CC2)cc1.O=C(O)C(F)(F)F. The van der Waals surface area contributed by atoms with E-state index < -0.39 is 35.3 Å². The van der Waals surface area contributed by atoms with Crippen LogP contribution in [0.5, 0.6) is 17.2 Å². The lowest BCUT2D eigenvalue weighted by Crippen LogP contribution is -2.44. The highest BCUT2D eigenvalue weighted by molar-refractivity contribution is 6.02. The van der Waals surface area contributed by atoms with Crippen LogP contribution in [0.2, 0.25) is 0 Å². The highest BCUT2D eigenvalue weighted by atomic mass is 19.4. The molecule has 1 fully saturated rings. The van der Waals surface area contributed by atoms with Crippen molar-refractivity contribution < 1.29 is 55.2 Å². The Hall–Kier alpha value is -4.72. The van der Waals surface area contributed by atoms with E-state index in [1.165, 1.54) is 0 Å². The van der Waals surface area contributed by atoms with Gasteiger partial charge in [-0.25, -0.2) is 13.6 Å². The van der Waals surface area contributed by atoms with Crippen molar-refractivity contribution in [1.29, 1.82) is 0 Å². The Labute approximate surface area is 279 Å². The van der Waals surface area contributed by atoms with E-state index in [4.69, 9.17) is 24.1 Å². The summed E-state index contributed by atoms with van der Waals surface area (Å²) in [5.41, 5.74) is 3.76. The van der Waals surface area contributed by atoms with Gasteiger partial charge in [0.1, 0.15) is 18.1 Å². The summed E-state index contributed by atoms with van der Waals surface area (Å²) in [5.74, 6) is -5.02. The van der Waals surface area contributed by atoms with Gasteiger partial charge < -0.3 is 30.0 Å². The van der Waals surface area contributed by atoms with E-state index in [9.17, 15) is 31.1 Å². The minimum atomic E-state index is -5.08. The predicted octanol–water partition coefficient (Wildman–Crippen LogP) is 6.48. The molecule has 3 N–H and O–H groups in total. The van der Waals surface area contributed by atoms with Crippen molar-refractivity contribution in [3.05, 3.63) is 94.8 Å². The molecular formula is C35H36F6N2O6. The number of carbonyl (C=O) groups is 2. The van der Waals surface area contributed by atoms with E-state index in [2.05, 4.69) is 10.6 Å². The van der Waals surface area contributed by atoms with E-state index in [0.717, 1.165) is 71.7 Å². The lowest BCUT2D eigenvalue weighted by molar-refractivity contribution is -0.192. The van der Waals surface area contributed by atoms with Crippen LogP contribution in [0.4, 0.5) is 26.3 Å². The number of alkyl halides is 3. The van der Waals surface area contributed by atoms with Gasteiger partial charge in [0.15, 0.2) is 17.4 Å².